The van der Waals surface area contributed by atoms with E-state index in [9.17, 15) is 4.79 Å². The summed E-state index contributed by atoms with van der Waals surface area (Å²) in [7, 11) is 0. The molecule has 0 aliphatic heterocycles. The molecular weight excluding hydrogens is 560 g/mol. The van der Waals surface area contributed by atoms with Gasteiger partial charge in [0, 0.05) is 18.8 Å². The van der Waals surface area contributed by atoms with Crippen LogP contribution in [0.5, 0.6) is 5.75 Å². The maximum absolute atomic E-state index is 12.7. The van der Waals surface area contributed by atoms with Gasteiger partial charge in [0.1, 0.15) is 5.75 Å². The van der Waals surface area contributed by atoms with Crippen molar-refractivity contribution in [2.75, 3.05) is 18.0 Å². The third kappa shape index (κ3) is 7.92. The summed E-state index contributed by atoms with van der Waals surface area (Å²) in [4.78, 5) is 18.4. The van der Waals surface area contributed by atoms with Gasteiger partial charge in [-0.05, 0) is 116 Å². The van der Waals surface area contributed by atoms with Gasteiger partial charge >= 0.3 is 5.97 Å². The Labute approximate surface area is 263 Å². The van der Waals surface area contributed by atoms with Gasteiger partial charge < -0.3 is 9.64 Å². The average Bonchev–Trinajstić information content (AvgIpc) is 3.08. The Morgan fingerprint density at radius 3 is 1.80 bits per heavy atom. The fraction of sp³-hybridized carbons (Fsp3) is 0.135. The molecule has 0 saturated heterocycles. The SMILES string of the molecule is [C-]#[N+]c1ccc(-c2ccc(OC(=O)c3ccc(N=Nc4ccc(N=Nc5ccc(N(CC)CC)cc5)cc4C)cc3)cc2)cc1. The third-order valence-corrected chi connectivity index (χ3v) is 7.21. The van der Waals surface area contributed by atoms with Crippen LogP contribution in [0.2, 0.25) is 0 Å². The fourth-order valence-electron chi connectivity index (χ4n) is 4.63. The minimum absolute atomic E-state index is 0.404. The largest absolute Gasteiger partial charge is 0.423 e. The first kappa shape index (κ1) is 30.5. The molecule has 5 rings (SSSR count). The molecule has 222 valence electrons. The topological polar surface area (TPSA) is 83.3 Å². The van der Waals surface area contributed by atoms with Crippen LogP contribution >= 0.6 is 0 Å². The van der Waals surface area contributed by atoms with E-state index in [1.807, 2.05) is 61.5 Å². The predicted octanol–water partition coefficient (Wildman–Crippen LogP) is 11.1. The normalized spacial score (nSPS) is 11.1. The molecule has 5 aromatic carbocycles. The number of carbonyl (C=O) groups is 1. The molecule has 0 atom stereocenters. The number of esters is 1. The fourth-order valence-corrected chi connectivity index (χ4v) is 4.63. The molecular formula is C37H32N6O2. The van der Waals surface area contributed by atoms with Crippen LogP contribution < -0.4 is 9.64 Å². The van der Waals surface area contributed by atoms with Gasteiger partial charge in [0.25, 0.3) is 0 Å². The summed E-state index contributed by atoms with van der Waals surface area (Å²) < 4.78 is 5.54. The molecule has 8 heteroatoms. The Bertz CT molecular complexity index is 1850. The maximum atomic E-state index is 12.7. The van der Waals surface area contributed by atoms with Crippen LogP contribution in [-0.2, 0) is 0 Å². The predicted molar refractivity (Wildman–Crippen MR) is 179 cm³/mol. The molecule has 0 amide bonds. The molecule has 0 spiro atoms. The molecule has 0 radical (unpaired) electrons. The van der Waals surface area contributed by atoms with Crippen LogP contribution in [0.1, 0.15) is 29.8 Å². The highest BCUT2D eigenvalue weighted by atomic mass is 16.5. The summed E-state index contributed by atoms with van der Waals surface area (Å²) in [5.41, 5.74) is 7.87. The maximum Gasteiger partial charge on any atom is 0.343 e. The quantitative estimate of drug-likeness (QED) is 0.0700. The number of rotatable bonds is 10. The number of aryl methyl sites for hydroxylation is 1. The monoisotopic (exact) mass is 592 g/mol. The number of benzene rings is 5. The minimum Gasteiger partial charge on any atom is -0.423 e. The minimum atomic E-state index is -0.465. The molecule has 0 heterocycles. The average molecular weight is 593 g/mol. The Kier molecular flexibility index (Phi) is 9.83. The zero-order valence-corrected chi connectivity index (χ0v) is 25.4. The summed E-state index contributed by atoms with van der Waals surface area (Å²) in [6, 6.07) is 35.0. The Morgan fingerprint density at radius 1 is 0.689 bits per heavy atom. The van der Waals surface area contributed by atoms with Crippen molar-refractivity contribution in [1.82, 2.24) is 0 Å². The van der Waals surface area contributed by atoms with Crippen molar-refractivity contribution in [3.05, 3.63) is 138 Å². The molecule has 0 aromatic heterocycles. The lowest BCUT2D eigenvalue weighted by Crippen LogP contribution is -2.21. The number of ether oxygens (including phenoxy) is 1. The van der Waals surface area contributed by atoms with E-state index in [-0.39, 0.29) is 0 Å². The van der Waals surface area contributed by atoms with E-state index in [2.05, 4.69) is 56.2 Å². The van der Waals surface area contributed by atoms with Gasteiger partial charge in [-0.25, -0.2) is 9.64 Å². The van der Waals surface area contributed by atoms with E-state index in [1.165, 1.54) is 5.69 Å². The number of hydrogen-bond donors (Lipinski definition) is 0. The Balaban J connectivity index is 1.16. The first-order valence-electron chi connectivity index (χ1n) is 14.6. The molecule has 0 bridgehead atoms. The van der Waals surface area contributed by atoms with Crippen LogP contribution in [-0.4, -0.2) is 19.1 Å². The van der Waals surface area contributed by atoms with E-state index in [4.69, 9.17) is 11.3 Å². The summed E-state index contributed by atoms with van der Waals surface area (Å²) in [6.45, 7) is 15.2. The molecule has 0 aliphatic rings. The van der Waals surface area contributed by atoms with E-state index >= 15 is 0 Å². The second-order valence-electron chi connectivity index (χ2n) is 10.2. The lowest BCUT2D eigenvalue weighted by molar-refractivity contribution is 0.0735. The number of carbonyl (C=O) groups excluding carboxylic acids is 1. The lowest BCUT2D eigenvalue weighted by atomic mass is 10.1. The first-order valence-corrected chi connectivity index (χ1v) is 14.6. The first-order chi connectivity index (χ1) is 21.9. The van der Waals surface area contributed by atoms with E-state index < -0.39 is 5.97 Å². The van der Waals surface area contributed by atoms with E-state index in [0.717, 1.165) is 41.2 Å². The highest BCUT2D eigenvalue weighted by Crippen LogP contribution is 2.29. The van der Waals surface area contributed by atoms with Gasteiger partial charge in [-0.15, -0.1) is 0 Å². The Morgan fingerprint density at radius 2 is 1.22 bits per heavy atom. The number of azo groups is 2. The van der Waals surface area contributed by atoms with Gasteiger partial charge in [0.05, 0.1) is 34.9 Å². The summed E-state index contributed by atoms with van der Waals surface area (Å²) in [5, 5.41) is 17.5. The molecule has 0 aliphatic carbocycles. The van der Waals surface area contributed by atoms with Crippen molar-refractivity contribution in [3.63, 3.8) is 0 Å². The standard InChI is InChI=1S/C37H32N6O2/c1-5-43(6-2)34-20-17-32(18-21-34)39-41-33-19-24-36(26(3)25-33)42-40-31-15-9-29(10-16-31)37(44)45-35-22-11-28(12-23-35)27-7-13-30(38-4)14-8-27/h7-25H,5-6H2,1-3H3. The highest BCUT2D eigenvalue weighted by Gasteiger charge is 2.09. The molecule has 45 heavy (non-hydrogen) atoms. The van der Waals surface area contributed by atoms with Crippen LogP contribution in [0, 0.1) is 13.5 Å². The van der Waals surface area contributed by atoms with Crippen molar-refractivity contribution >= 4 is 40.1 Å². The summed E-state index contributed by atoms with van der Waals surface area (Å²) in [6.07, 6.45) is 0. The number of nitrogens with zero attached hydrogens (tertiary/aromatic N) is 6. The van der Waals surface area contributed by atoms with Gasteiger partial charge in [0.15, 0.2) is 5.69 Å². The van der Waals surface area contributed by atoms with Gasteiger partial charge in [0.2, 0.25) is 0 Å². The molecule has 0 unspecified atom stereocenters. The number of anilines is 1. The molecule has 0 saturated carbocycles. The van der Waals surface area contributed by atoms with Crippen molar-refractivity contribution in [1.29, 1.82) is 0 Å². The van der Waals surface area contributed by atoms with Crippen LogP contribution in [0.3, 0.4) is 0 Å². The summed E-state index contributed by atoms with van der Waals surface area (Å²) in [5.74, 6) is -0.0231. The van der Waals surface area contributed by atoms with Crippen molar-refractivity contribution < 1.29 is 9.53 Å². The Hall–Kier alpha value is -5.94. The van der Waals surface area contributed by atoms with Crippen LogP contribution in [0.15, 0.2) is 136 Å². The third-order valence-electron chi connectivity index (χ3n) is 7.21. The summed E-state index contributed by atoms with van der Waals surface area (Å²) >= 11 is 0. The van der Waals surface area contributed by atoms with Crippen LogP contribution in [0.4, 0.5) is 34.1 Å². The van der Waals surface area contributed by atoms with Gasteiger partial charge in [-0.3, -0.25) is 0 Å². The lowest BCUT2D eigenvalue weighted by Gasteiger charge is -2.20. The van der Waals surface area contributed by atoms with E-state index in [1.54, 1.807) is 48.5 Å². The van der Waals surface area contributed by atoms with E-state index in [0.29, 0.717) is 28.4 Å². The van der Waals surface area contributed by atoms with Crippen LogP contribution in [0.25, 0.3) is 16.0 Å². The molecule has 5 aromatic rings. The molecule has 8 nitrogen and oxygen atoms in total. The second kappa shape index (κ2) is 14.5. The highest BCUT2D eigenvalue weighted by molar-refractivity contribution is 5.91. The molecule has 0 N–H and O–H groups in total. The number of hydrogen-bond acceptors (Lipinski definition) is 7. The zero-order chi connectivity index (χ0) is 31.6. The van der Waals surface area contributed by atoms with Crippen molar-refractivity contribution in [2.24, 2.45) is 20.5 Å². The smallest absolute Gasteiger partial charge is 0.343 e. The second-order valence-corrected chi connectivity index (χ2v) is 10.2. The van der Waals surface area contributed by atoms with Gasteiger partial charge in [-0.1, -0.05) is 36.4 Å². The zero-order valence-electron chi connectivity index (χ0n) is 25.4. The molecule has 0 fully saturated rings. The van der Waals surface area contributed by atoms with Crippen molar-refractivity contribution in [2.45, 2.75) is 20.8 Å². The van der Waals surface area contributed by atoms with Crippen molar-refractivity contribution in [3.8, 4) is 16.9 Å². The van der Waals surface area contributed by atoms with Gasteiger partial charge in [-0.2, -0.15) is 20.5 Å².